The number of Topliss-reactive ketones (excluding diaryl/α,β-unsaturated/α-hetero) is 1. The molecule has 2 nitrogen and oxygen atoms in total. The van der Waals surface area contributed by atoms with E-state index in [0.29, 0.717) is 6.61 Å². The summed E-state index contributed by atoms with van der Waals surface area (Å²) in [4.78, 5) is 11.3. The highest BCUT2D eigenvalue weighted by Crippen LogP contribution is 2.14. The Morgan fingerprint density at radius 2 is 1.14 bits per heavy atom. The van der Waals surface area contributed by atoms with Crippen LogP contribution in [0.3, 0.4) is 0 Å². The second-order valence-corrected chi connectivity index (χ2v) is 6.80. The van der Waals surface area contributed by atoms with Gasteiger partial charge in [-0.25, -0.2) is 0 Å². The Morgan fingerprint density at radius 3 is 1.52 bits per heavy atom. The van der Waals surface area contributed by atoms with Crippen molar-refractivity contribution in [1.29, 1.82) is 0 Å². The summed E-state index contributed by atoms with van der Waals surface area (Å²) in [6.07, 6.45) is 16.2. The summed E-state index contributed by atoms with van der Waals surface area (Å²) in [7, 11) is 0. The highest BCUT2D eigenvalue weighted by atomic mass is 16.5. The molecule has 0 aromatic heterocycles. The van der Waals surface area contributed by atoms with E-state index in [1.807, 2.05) is 13.8 Å². The highest BCUT2D eigenvalue weighted by molar-refractivity contribution is 5.83. The van der Waals surface area contributed by atoms with Crippen LogP contribution in [0.15, 0.2) is 0 Å². The summed E-state index contributed by atoms with van der Waals surface area (Å²) in [6.45, 7) is 8.30. The molecule has 0 aliphatic heterocycles. The van der Waals surface area contributed by atoms with Gasteiger partial charge in [0.1, 0.15) is 5.60 Å². The van der Waals surface area contributed by atoms with Crippen LogP contribution in [0.25, 0.3) is 0 Å². The summed E-state index contributed by atoms with van der Waals surface area (Å²) in [5.41, 5.74) is -0.599. The van der Waals surface area contributed by atoms with Crippen LogP contribution < -0.4 is 0 Å². The van der Waals surface area contributed by atoms with Gasteiger partial charge in [0, 0.05) is 6.61 Å². The highest BCUT2D eigenvalue weighted by Gasteiger charge is 2.23. The van der Waals surface area contributed by atoms with Gasteiger partial charge in [-0.2, -0.15) is 0 Å². The molecule has 0 amide bonds. The Bertz CT molecular complexity index is 246. The van der Waals surface area contributed by atoms with Crippen LogP contribution in [0.4, 0.5) is 0 Å². The molecule has 0 aliphatic carbocycles. The van der Waals surface area contributed by atoms with Crippen molar-refractivity contribution in [2.45, 2.75) is 110 Å². The summed E-state index contributed by atoms with van der Waals surface area (Å²) < 4.78 is 5.63. The van der Waals surface area contributed by atoms with Gasteiger partial charge >= 0.3 is 0 Å². The standard InChI is InChI=1S/C19H38O2/c1-5-6-7-8-9-10-11-12-13-14-15-16-17-21-19(3,4)18(2)20/h5-17H2,1-4H3. The van der Waals surface area contributed by atoms with E-state index >= 15 is 0 Å². The first kappa shape index (κ1) is 20.6. The zero-order valence-electron chi connectivity index (χ0n) is 15.0. The van der Waals surface area contributed by atoms with Gasteiger partial charge in [0.05, 0.1) is 0 Å². The third kappa shape index (κ3) is 13.0. The maximum Gasteiger partial charge on any atom is 0.160 e. The predicted molar refractivity (Wildman–Crippen MR) is 91.8 cm³/mol. The average Bonchev–Trinajstić information content (AvgIpc) is 2.43. The first-order valence-corrected chi connectivity index (χ1v) is 9.15. The minimum absolute atomic E-state index is 0.112. The molecule has 0 N–H and O–H groups in total. The minimum Gasteiger partial charge on any atom is -0.368 e. The molecule has 0 saturated carbocycles. The van der Waals surface area contributed by atoms with E-state index in [2.05, 4.69) is 6.92 Å². The maximum absolute atomic E-state index is 11.3. The van der Waals surface area contributed by atoms with Crippen molar-refractivity contribution in [2.24, 2.45) is 0 Å². The lowest BCUT2D eigenvalue weighted by Gasteiger charge is -2.21. The van der Waals surface area contributed by atoms with Gasteiger partial charge < -0.3 is 4.74 Å². The van der Waals surface area contributed by atoms with Gasteiger partial charge in [0.2, 0.25) is 0 Å². The number of unbranched alkanes of at least 4 members (excludes halogenated alkanes) is 11. The minimum atomic E-state index is -0.599. The van der Waals surface area contributed by atoms with Gasteiger partial charge in [-0.1, -0.05) is 77.6 Å². The summed E-state index contributed by atoms with van der Waals surface area (Å²) in [5.74, 6) is 0.112. The third-order valence-electron chi connectivity index (χ3n) is 4.31. The van der Waals surface area contributed by atoms with Gasteiger partial charge in [-0.05, 0) is 27.2 Å². The van der Waals surface area contributed by atoms with E-state index in [1.165, 1.54) is 70.6 Å². The van der Waals surface area contributed by atoms with Crippen molar-refractivity contribution in [2.75, 3.05) is 6.61 Å². The van der Waals surface area contributed by atoms with Gasteiger partial charge in [0.15, 0.2) is 5.78 Å². The van der Waals surface area contributed by atoms with Gasteiger partial charge in [0.25, 0.3) is 0 Å². The van der Waals surface area contributed by atoms with Crippen molar-refractivity contribution in [3.63, 3.8) is 0 Å². The molecule has 0 radical (unpaired) electrons. The molecule has 0 heterocycles. The molecule has 2 heteroatoms. The Labute approximate surface area is 133 Å². The molecule has 0 rings (SSSR count). The number of rotatable bonds is 15. The van der Waals surface area contributed by atoms with Crippen molar-refractivity contribution in [3.05, 3.63) is 0 Å². The molecule has 21 heavy (non-hydrogen) atoms. The Balaban J connectivity index is 3.18. The molecule has 0 unspecified atom stereocenters. The molecule has 126 valence electrons. The van der Waals surface area contributed by atoms with E-state index in [-0.39, 0.29) is 5.78 Å². The molecule has 0 saturated heterocycles. The predicted octanol–water partition coefficient (Wildman–Crippen LogP) is 6.07. The average molecular weight is 299 g/mol. The van der Waals surface area contributed by atoms with Crippen LogP contribution in [0.5, 0.6) is 0 Å². The monoisotopic (exact) mass is 298 g/mol. The SMILES string of the molecule is CCCCCCCCCCCCCCOC(C)(C)C(C)=O. The number of hydrogen-bond acceptors (Lipinski definition) is 2. The lowest BCUT2D eigenvalue weighted by atomic mass is 10.0. The molecule has 0 aromatic carbocycles. The fourth-order valence-corrected chi connectivity index (χ4v) is 2.37. The largest absolute Gasteiger partial charge is 0.368 e. The number of carbonyl (C=O) groups is 1. The number of hydrogen-bond donors (Lipinski definition) is 0. The lowest BCUT2D eigenvalue weighted by Crippen LogP contribution is -2.33. The summed E-state index contributed by atoms with van der Waals surface area (Å²) in [6, 6.07) is 0. The zero-order valence-corrected chi connectivity index (χ0v) is 15.0. The Hall–Kier alpha value is -0.370. The molecular formula is C19H38O2. The van der Waals surface area contributed by atoms with E-state index in [0.717, 1.165) is 6.42 Å². The van der Waals surface area contributed by atoms with Gasteiger partial charge in [-0.15, -0.1) is 0 Å². The first-order valence-electron chi connectivity index (χ1n) is 9.15. The first-order chi connectivity index (χ1) is 10.0. The van der Waals surface area contributed by atoms with E-state index in [4.69, 9.17) is 4.74 Å². The molecule has 0 bridgehead atoms. The number of carbonyl (C=O) groups excluding carboxylic acids is 1. The number of ketones is 1. The van der Waals surface area contributed by atoms with Gasteiger partial charge in [-0.3, -0.25) is 4.79 Å². The maximum atomic E-state index is 11.3. The fourth-order valence-electron chi connectivity index (χ4n) is 2.37. The topological polar surface area (TPSA) is 26.3 Å². The summed E-state index contributed by atoms with van der Waals surface area (Å²) >= 11 is 0. The van der Waals surface area contributed by atoms with Crippen LogP contribution in [-0.2, 0) is 9.53 Å². The van der Waals surface area contributed by atoms with E-state index < -0.39 is 5.60 Å². The molecule has 0 aromatic rings. The Morgan fingerprint density at radius 1 is 0.762 bits per heavy atom. The fraction of sp³-hybridized carbons (Fsp3) is 0.947. The van der Waals surface area contributed by atoms with Crippen LogP contribution in [-0.4, -0.2) is 18.0 Å². The van der Waals surface area contributed by atoms with E-state index in [9.17, 15) is 4.79 Å². The summed E-state index contributed by atoms with van der Waals surface area (Å²) in [5, 5.41) is 0. The Kier molecular flexibility index (Phi) is 13.1. The van der Waals surface area contributed by atoms with Crippen molar-refractivity contribution in [1.82, 2.24) is 0 Å². The normalized spacial score (nSPS) is 11.8. The second-order valence-electron chi connectivity index (χ2n) is 6.80. The smallest absolute Gasteiger partial charge is 0.160 e. The van der Waals surface area contributed by atoms with E-state index in [1.54, 1.807) is 6.92 Å². The molecule has 0 fully saturated rings. The molecular weight excluding hydrogens is 260 g/mol. The lowest BCUT2D eigenvalue weighted by molar-refractivity contribution is -0.138. The molecule has 0 atom stereocenters. The number of ether oxygens (including phenoxy) is 1. The van der Waals surface area contributed by atoms with Crippen LogP contribution in [0.2, 0.25) is 0 Å². The third-order valence-corrected chi connectivity index (χ3v) is 4.31. The van der Waals surface area contributed by atoms with Crippen LogP contribution in [0, 0.1) is 0 Å². The molecule has 0 aliphatic rings. The zero-order chi connectivity index (χ0) is 16.0. The second kappa shape index (κ2) is 13.3. The van der Waals surface area contributed by atoms with Crippen molar-refractivity contribution >= 4 is 5.78 Å². The van der Waals surface area contributed by atoms with Crippen LogP contribution in [0.1, 0.15) is 105 Å². The van der Waals surface area contributed by atoms with Crippen LogP contribution >= 0.6 is 0 Å². The molecule has 0 spiro atoms. The van der Waals surface area contributed by atoms with Crippen molar-refractivity contribution < 1.29 is 9.53 Å². The van der Waals surface area contributed by atoms with Crippen molar-refractivity contribution in [3.8, 4) is 0 Å². The quantitative estimate of drug-likeness (QED) is 0.343.